The molecule has 1 fully saturated rings. The molecule has 0 saturated heterocycles. The number of fused-ring (bicyclic) bond motifs is 1. The molecule has 0 bridgehead atoms. The Bertz CT molecular complexity index is 864. The lowest BCUT2D eigenvalue weighted by Gasteiger charge is -2.31. The molecule has 0 atom stereocenters. The van der Waals surface area contributed by atoms with Gasteiger partial charge in [0.15, 0.2) is 0 Å². The van der Waals surface area contributed by atoms with Crippen LogP contribution >= 0.6 is 0 Å². The molecule has 1 amide bonds. The maximum atomic E-state index is 13.2. The molecule has 1 aliphatic carbocycles. The predicted molar refractivity (Wildman–Crippen MR) is 102 cm³/mol. The van der Waals surface area contributed by atoms with Crippen LogP contribution in [-0.2, 0) is 9.53 Å². The fourth-order valence-corrected chi connectivity index (χ4v) is 3.70. The zero-order valence-corrected chi connectivity index (χ0v) is 15.6. The molecule has 1 aromatic carbocycles. The van der Waals surface area contributed by atoms with Crippen LogP contribution in [0.4, 0.5) is 0 Å². The number of benzene rings is 1. The van der Waals surface area contributed by atoms with Gasteiger partial charge in [-0.05, 0) is 25.0 Å². The number of rotatable bonds is 5. The average Bonchev–Trinajstić information content (AvgIpc) is 2.96. The van der Waals surface area contributed by atoms with Crippen LogP contribution in [-0.4, -0.2) is 36.5 Å². The van der Waals surface area contributed by atoms with Crippen molar-refractivity contribution in [3.63, 3.8) is 0 Å². The Labute approximate surface area is 158 Å². The minimum atomic E-state index is -0.643. The first kappa shape index (κ1) is 19.1. The van der Waals surface area contributed by atoms with Crippen molar-refractivity contribution in [3.05, 3.63) is 46.3 Å². The van der Waals surface area contributed by atoms with Crippen molar-refractivity contribution in [2.75, 3.05) is 13.7 Å². The van der Waals surface area contributed by atoms with Crippen molar-refractivity contribution in [3.8, 4) is 0 Å². The van der Waals surface area contributed by atoms with Gasteiger partial charge < -0.3 is 14.1 Å². The van der Waals surface area contributed by atoms with E-state index in [-0.39, 0.29) is 36.4 Å². The van der Waals surface area contributed by atoms with E-state index in [9.17, 15) is 14.4 Å². The monoisotopic (exact) mass is 371 g/mol. The number of carbonyl (C=O) groups is 2. The molecule has 6 nitrogen and oxygen atoms in total. The SMILES string of the molecule is COC(=O)CCN(C(=O)c1cc2ccccc2oc1=O)C1CCCCCC1. The zero-order chi connectivity index (χ0) is 19.2. The van der Waals surface area contributed by atoms with Gasteiger partial charge in [-0.3, -0.25) is 9.59 Å². The third kappa shape index (κ3) is 4.56. The number of ether oxygens (including phenoxy) is 1. The number of para-hydroxylation sites is 1. The van der Waals surface area contributed by atoms with E-state index in [1.165, 1.54) is 7.11 Å². The molecule has 1 saturated carbocycles. The second kappa shape index (κ2) is 8.84. The Morgan fingerprint density at radius 1 is 1.15 bits per heavy atom. The summed E-state index contributed by atoms with van der Waals surface area (Å²) in [5.74, 6) is -0.739. The van der Waals surface area contributed by atoms with Crippen LogP contribution in [0.3, 0.4) is 0 Å². The number of esters is 1. The van der Waals surface area contributed by atoms with E-state index in [0.29, 0.717) is 11.0 Å². The molecule has 1 aromatic heterocycles. The van der Waals surface area contributed by atoms with Gasteiger partial charge in [0.05, 0.1) is 13.5 Å². The summed E-state index contributed by atoms with van der Waals surface area (Å²) in [5, 5.41) is 0.703. The van der Waals surface area contributed by atoms with Crippen LogP contribution in [0.25, 0.3) is 11.0 Å². The average molecular weight is 371 g/mol. The number of nitrogens with zero attached hydrogens (tertiary/aromatic N) is 1. The summed E-state index contributed by atoms with van der Waals surface area (Å²) >= 11 is 0. The Hall–Kier alpha value is -2.63. The summed E-state index contributed by atoms with van der Waals surface area (Å²) in [5.41, 5.74) is -0.173. The second-order valence-corrected chi connectivity index (χ2v) is 6.96. The zero-order valence-electron chi connectivity index (χ0n) is 15.6. The van der Waals surface area contributed by atoms with Crippen LogP contribution in [0.2, 0.25) is 0 Å². The predicted octanol–water partition coefficient (Wildman–Crippen LogP) is 3.52. The molecule has 0 unspecified atom stereocenters. The maximum Gasteiger partial charge on any atom is 0.349 e. The summed E-state index contributed by atoms with van der Waals surface area (Å²) in [6.45, 7) is 0.239. The highest BCUT2D eigenvalue weighted by atomic mass is 16.5. The van der Waals surface area contributed by atoms with Gasteiger partial charge in [0.25, 0.3) is 5.91 Å². The number of methoxy groups -OCH3 is 1. The molecule has 0 radical (unpaired) electrons. The lowest BCUT2D eigenvalue weighted by atomic mass is 10.0. The van der Waals surface area contributed by atoms with Crippen LogP contribution < -0.4 is 5.63 Å². The summed E-state index contributed by atoms with van der Waals surface area (Å²) in [6, 6.07) is 8.73. The Morgan fingerprint density at radius 2 is 1.85 bits per heavy atom. The van der Waals surface area contributed by atoms with Crippen molar-refractivity contribution in [1.29, 1.82) is 0 Å². The van der Waals surface area contributed by atoms with Gasteiger partial charge in [-0.2, -0.15) is 0 Å². The van der Waals surface area contributed by atoms with Crippen molar-refractivity contribution in [2.24, 2.45) is 0 Å². The minimum Gasteiger partial charge on any atom is -0.469 e. The van der Waals surface area contributed by atoms with Gasteiger partial charge in [-0.1, -0.05) is 43.9 Å². The topological polar surface area (TPSA) is 76.8 Å². The van der Waals surface area contributed by atoms with Gasteiger partial charge in [-0.15, -0.1) is 0 Å². The highest BCUT2D eigenvalue weighted by Crippen LogP contribution is 2.24. The van der Waals surface area contributed by atoms with Crippen LogP contribution in [0.1, 0.15) is 55.3 Å². The second-order valence-electron chi connectivity index (χ2n) is 6.96. The molecule has 0 aliphatic heterocycles. The van der Waals surface area contributed by atoms with E-state index in [4.69, 9.17) is 9.15 Å². The lowest BCUT2D eigenvalue weighted by Crippen LogP contribution is -2.43. The van der Waals surface area contributed by atoms with Crippen molar-refractivity contribution in [1.82, 2.24) is 4.90 Å². The highest BCUT2D eigenvalue weighted by Gasteiger charge is 2.28. The molecule has 2 aromatic rings. The Kier molecular flexibility index (Phi) is 6.27. The fraction of sp³-hybridized carbons (Fsp3) is 0.476. The molecule has 1 heterocycles. The number of carbonyl (C=O) groups excluding carboxylic acids is 2. The van der Waals surface area contributed by atoms with Gasteiger partial charge >= 0.3 is 11.6 Å². The quantitative estimate of drug-likeness (QED) is 0.457. The third-order valence-electron chi connectivity index (χ3n) is 5.18. The fourth-order valence-electron chi connectivity index (χ4n) is 3.70. The largest absolute Gasteiger partial charge is 0.469 e. The normalized spacial score (nSPS) is 15.3. The molecular formula is C21H25NO5. The molecule has 0 spiro atoms. The first-order valence-corrected chi connectivity index (χ1v) is 9.51. The first-order chi connectivity index (χ1) is 13.1. The van der Waals surface area contributed by atoms with Crippen LogP contribution in [0.5, 0.6) is 0 Å². The number of amides is 1. The lowest BCUT2D eigenvalue weighted by molar-refractivity contribution is -0.140. The smallest absolute Gasteiger partial charge is 0.349 e. The molecule has 144 valence electrons. The molecule has 6 heteroatoms. The van der Waals surface area contributed by atoms with Crippen LogP contribution in [0, 0.1) is 0 Å². The van der Waals surface area contributed by atoms with Gasteiger partial charge in [0.2, 0.25) is 0 Å². The van der Waals surface area contributed by atoms with Crippen molar-refractivity contribution in [2.45, 2.75) is 51.0 Å². The summed E-state index contributed by atoms with van der Waals surface area (Å²) in [7, 11) is 1.33. The highest BCUT2D eigenvalue weighted by molar-refractivity contribution is 5.97. The maximum absolute atomic E-state index is 13.2. The molecule has 0 N–H and O–H groups in total. The summed E-state index contributed by atoms with van der Waals surface area (Å²) in [6.07, 6.45) is 6.24. The molecular weight excluding hydrogens is 346 g/mol. The summed E-state index contributed by atoms with van der Waals surface area (Å²) in [4.78, 5) is 39.0. The van der Waals surface area contributed by atoms with Gasteiger partial charge in [0, 0.05) is 18.0 Å². The van der Waals surface area contributed by atoms with E-state index in [1.807, 2.05) is 6.07 Å². The number of hydrogen-bond donors (Lipinski definition) is 0. The van der Waals surface area contributed by atoms with E-state index >= 15 is 0 Å². The van der Waals surface area contributed by atoms with E-state index in [2.05, 4.69) is 0 Å². The summed E-state index contributed by atoms with van der Waals surface area (Å²) < 4.78 is 10.1. The van der Waals surface area contributed by atoms with Gasteiger partial charge in [-0.25, -0.2) is 4.79 Å². The van der Waals surface area contributed by atoms with Crippen molar-refractivity contribution < 1.29 is 18.7 Å². The van der Waals surface area contributed by atoms with Gasteiger partial charge in [0.1, 0.15) is 11.1 Å². The van der Waals surface area contributed by atoms with E-state index < -0.39 is 5.63 Å². The molecule has 1 aliphatic rings. The van der Waals surface area contributed by atoms with Crippen LogP contribution in [0.15, 0.2) is 39.5 Å². The minimum absolute atomic E-state index is 0.0165. The first-order valence-electron chi connectivity index (χ1n) is 9.51. The van der Waals surface area contributed by atoms with Crippen molar-refractivity contribution >= 4 is 22.8 Å². The standard InChI is InChI=1S/C21H25NO5/c1-26-19(23)12-13-22(16-9-4-2-3-5-10-16)20(24)17-14-15-8-6-7-11-18(15)27-21(17)25/h6-8,11,14,16H,2-5,9-10,12-13H2,1H3. The molecule has 27 heavy (non-hydrogen) atoms. The third-order valence-corrected chi connectivity index (χ3v) is 5.18. The van der Waals surface area contributed by atoms with E-state index in [0.717, 1.165) is 38.5 Å². The number of hydrogen-bond acceptors (Lipinski definition) is 5. The Balaban J connectivity index is 1.92. The van der Waals surface area contributed by atoms with E-state index in [1.54, 1.807) is 29.2 Å². The Morgan fingerprint density at radius 3 is 2.56 bits per heavy atom. The molecule has 3 rings (SSSR count).